The fraction of sp³-hybridized carbons (Fsp3) is 0.318. The molecule has 2 aromatic carbocycles. The van der Waals surface area contributed by atoms with Gasteiger partial charge in [0.05, 0.1) is 5.54 Å². The van der Waals surface area contributed by atoms with Gasteiger partial charge in [0, 0.05) is 16.7 Å². The van der Waals surface area contributed by atoms with Crippen molar-refractivity contribution in [2.45, 2.75) is 47.1 Å². The average Bonchev–Trinajstić information content (AvgIpc) is 2.57. The van der Waals surface area contributed by atoms with Crippen LogP contribution in [0.1, 0.15) is 68.5 Å². The minimum absolute atomic E-state index is 0.285. The van der Waals surface area contributed by atoms with Crippen LogP contribution in [0.15, 0.2) is 36.4 Å². The van der Waals surface area contributed by atoms with Gasteiger partial charge in [-0.1, -0.05) is 29.3 Å². The highest BCUT2D eigenvalue weighted by Gasteiger charge is 2.30. The maximum absolute atomic E-state index is 13.1. The third-order valence-corrected chi connectivity index (χ3v) is 4.30. The van der Waals surface area contributed by atoms with Crippen molar-refractivity contribution in [3.63, 3.8) is 0 Å². The van der Waals surface area contributed by atoms with Crippen LogP contribution in [0.25, 0.3) is 0 Å². The molecule has 0 spiro atoms. The van der Waals surface area contributed by atoms with Gasteiger partial charge in [-0.05, 0) is 65.3 Å². The van der Waals surface area contributed by atoms with Gasteiger partial charge in [-0.2, -0.15) is 0 Å². The Bertz CT molecular complexity index is 875. The number of nitrogens with zero attached hydrogens (tertiary/aromatic N) is 1. The van der Waals surface area contributed by atoms with Crippen molar-refractivity contribution in [1.29, 1.82) is 0 Å². The maximum atomic E-state index is 13.1. The smallest absolute Gasteiger partial charge is 0.272 e. The summed E-state index contributed by atoms with van der Waals surface area (Å²) in [6.45, 7) is 11.1. The molecule has 2 aromatic rings. The van der Waals surface area contributed by atoms with Gasteiger partial charge in [-0.25, -0.2) is 5.01 Å². The average molecular weight is 366 g/mol. The summed E-state index contributed by atoms with van der Waals surface area (Å²) in [4.78, 5) is 37.1. The van der Waals surface area contributed by atoms with Crippen LogP contribution in [0, 0.1) is 20.8 Å². The van der Waals surface area contributed by atoms with E-state index in [1.54, 1.807) is 37.3 Å². The van der Waals surface area contributed by atoms with E-state index >= 15 is 0 Å². The van der Waals surface area contributed by atoms with Gasteiger partial charge in [0.15, 0.2) is 0 Å². The summed E-state index contributed by atoms with van der Waals surface area (Å²) >= 11 is 0. The lowest BCUT2D eigenvalue weighted by atomic mass is 10.0. The van der Waals surface area contributed by atoms with Gasteiger partial charge in [0.25, 0.3) is 11.8 Å². The lowest BCUT2D eigenvalue weighted by molar-refractivity contribution is 0.0358. The Labute approximate surface area is 160 Å². The summed E-state index contributed by atoms with van der Waals surface area (Å²) in [7, 11) is 0. The minimum atomic E-state index is -0.638. The number of hydrazine groups is 1. The molecule has 2 amide bonds. The summed E-state index contributed by atoms with van der Waals surface area (Å²) in [6, 6.07) is 10.5. The highest BCUT2D eigenvalue weighted by Crippen LogP contribution is 2.19. The number of hydrogen-bond donors (Lipinski definition) is 1. The van der Waals surface area contributed by atoms with E-state index < -0.39 is 11.4 Å². The van der Waals surface area contributed by atoms with Crippen molar-refractivity contribution in [3.05, 3.63) is 69.8 Å². The van der Waals surface area contributed by atoms with Crippen LogP contribution in [-0.4, -0.2) is 28.6 Å². The summed E-state index contributed by atoms with van der Waals surface area (Å²) in [5.41, 5.74) is 5.96. The second-order valence-corrected chi connectivity index (χ2v) is 7.77. The Morgan fingerprint density at radius 3 is 2.11 bits per heavy atom. The first-order valence-corrected chi connectivity index (χ1v) is 8.83. The van der Waals surface area contributed by atoms with Gasteiger partial charge in [0.2, 0.25) is 0 Å². The number of hydrogen-bond acceptors (Lipinski definition) is 3. The van der Waals surface area contributed by atoms with E-state index in [2.05, 4.69) is 5.43 Å². The molecule has 0 radical (unpaired) electrons. The third-order valence-electron chi connectivity index (χ3n) is 4.30. The van der Waals surface area contributed by atoms with Crippen LogP contribution < -0.4 is 5.43 Å². The zero-order valence-electron chi connectivity index (χ0n) is 16.7. The van der Waals surface area contributed by atoms with Crippen LogP contribution in [0.4, 0.5) is 0 Å². The normalized spacial score (nSPS) is 11.0. The zero-order chi connectivity index (χ0) is 20.4. The van der Waals surface area contributed by atoms with E-state index in [1.807, 2.05) is 40.7 Å². The third kappa shape index (κ3) is 4.61. The largest absolute Gasteiger partial charge is 0.298 e. The predicted molar refractivity (Wildman–Crippen MR) is 106 cm³/mol. The van der Waals surface area contributed by atoms with Crippen molar-refractivity contribution < 1.29 is 14.4 Å². The van der Waals surface area contributed by atoms with E-state index in [4.69, 9.17) is 0 Å². The van der Waals surface area contributed by atoms with Crippen LogP contribution >= 0.6 is 0 Å². The summed E-state index contributed by atoms with van der Waals surface area (Å²) in [5, 5.41) is 1.34. The second-order valence-electron chi connectivity index (χ2n) is 7.77. The van der Waals surface area contributed by atoms with Gasteiger partial charge >= 0.3 is 0 Å². The van der Waals surface area contributed by atoms with E-state index in [0.717, 1.165) is 11.1 Å². The van der Waals surface area contributed by atoms with Crippen molar-refractivity contribution in [1.82, 2.24) is 10.4 Å². The molecule has 2 rings (SSSR count). The molecule has 5 nitrogen and oxygen atoms in total. The fourth-order valence-electron chi connectivity index (χ4n) is 2.94. The molecule has 1 N–H and O–H groups in total. The minimum Gasteiger partial charge on any atom is -0.298 e. The Balaban J connectivity index is 2.39. The number of carbonyl (C=O) groups is 3. The molecule has 0 bridgehead atoms. The highest BCUT2D eigenvalue weighted by molar-refractivity contribution is 6.01. The molecule has 27 heavy (non-hydrogen) atoms. The molecule has 5 heteroatoms. The van der Waals surface area contributed by atoms with E-state index in [1.165, 1.54) is 5.01 Å². The van der Waals surface area contributed by atoms with Gasteiger partial charge < -0.3 is 0 Å². The monoisotopic (exact) mass is 366 g/mol. The zero-order valence-corrected chi connectivity index (χ0v) is 16.7. The van der Waals surface area contributed by atoms with Gasteiger partial charge in [-0.3, -0.25) is 19.8 Å². The molecule has 0 heterocycles. The van der Waals surface area contributed by atoms with Crippen LogP contribution in [-0.2, 0) is 0 Å². The number of amides is 2. The number of aldehydes is 1. The summed E-state index contributed by atoms with van der Waals surface area (Å²) in [5.74, 6) is -0.712. The second kappa shape index (κ2) is 7.74. The standard InChI is InChI=1S/C22H26N2O3/c1-14-10-15(2)12-18(11-14)21(27)24(22(4,5)6)23-20(26)19-9-7-8-17(13-25)16(19)3/h7-13H,1-6H3,(H,23,26). The molecular formula is C22H26N2O3. The Morgan fingerprint density at radius 2 is 1.59 bits per heavy atom. The topological polar surface area (TPSA) is 66.5 Å². The molecular weight excluding hydrogens is 340 g/mol. The quantitative estimate of drug-likeness (QED) is 0.659. The Morgan fingerprint density at radius 1 is 1.00 bits per heavy atom. The first-order chi connectivity index (χ1) is 12.5. The van der Waals surface area contributed by atoms with Gasteiger partial charge in [-0.15, -0.1) is 0 Å². The molecule has 142 valence electrons. The number of aryl methyl sites for hydroxylation is 2. The van der Waals surface area contributed by atoms with E-state index in [9.17, 15) is 14.4 Å². The van der Waals surface area contributed by atoms with Crippen molar-refractivity contribution >= 4 is 18.1 Å². The van der Waals surface area contributed by atoms with E-state index in [0.29, 0.717) is 28.5 Å². The molecule has 0 unspecified atom stereocenters. The number of carbonyl (C=O) groups excluding carboxylic acids is 3. The van der Waals surface area contributed by atoms with Gasteiger partial charge in [0.1, 0.15) is 6.29 Å². The fourth-order valence-corrected chi connectivity index (χ4v) is 2.94. The molecule has 0 saturated carbocycles. The van der Waals surface area contributed by atoms with Crippen LogP contribution in [0.2, 0.25) is 0 Å². The Hall–Kier alpha value is -2.95. The molecule has 0 aliphatic heterocycles. The van der Waals surface area contributed by atoms with Crippen molar-refractivity contribution in [2.75, 3.05) is 0 Å². The highest BCUT2D eigenvalue weighted by atomic mass is 16.2. The molecule has 0 aliphatic carbocycles. The van der Waals surface area contributed by atoms with Crippen LogP contribution in [0.3, 0.4) is 0 Å². The lowest BCUT2D eigenvalue weighted by Crippen LogP contribution is -2.56. The molecule has 0 saturated heterocycles. The molecule has 0 aliphatic rings. The number of nitrogens with one attached hydrogen (secondary N) is 1. The Kier molecular flexibility index (Phi) is 5.84. The first kappa shape index (κ1) is 20.4. The van der Waals surface area contributed by atoms with Crippen molar-refractivity contribution in [3.8, 4) is 0 Å². The molecule has 0 atom stereocenters. The SMILES string of the molecule is Cc1cc(C)cc(C(=O)N(NC(=O)c2cccc(C=O)c2C)C(C)(C)C)c1. The molecule has 0 fully saturated rings. The number of rotatable bonds is 3. The maximum Gasteiger partial charge on any atom is 0.272 e. The first-order valence-electron chi connectivity index (χ1n) is 8.83. The number of benzene rings is 2. The molecule has 0 aromatic heterocycles. The predicted octanol–water partition coefficient (Wildman–Crippen LogP) is 4.01. The lowest BCUT2D eigenvalue weighted by Gasteiger charge is -2.35. The summed E-state index contributed by atoms with van der Waals surface area (Å²) in [6.07, 6.45) is 0.717. The summed E-state index contributed by atoms with van der Waals surface area (Å²) < 4.78 is 0. The van der Waals surface area contributed by atoms with E-state index in [-0.39, 0.29) is 5.91 Å². The van der Waals surface area contributed by atoms with Crippen molar-refractivity contribution in [2.24, 2.45) is 0 Å². The van der Waals surface area contributed by atoms with Crippen LogP contribution in [0.5, 0.6) is 0 Å².